The topological polar surface area (TPSA) is 90.5 Å². The number of aliphatic hydroxyl groups excluding tert-OH is 3. The summed E-state index contributed by atoms with van der Waals surface area (Å²) in [7, 11) is 3.53. The second kappa shape index (κ2) is 7.52. The Morgan fingerprint density at radius 2 is 1.85 bits per heavy atom. The van der Waals surface area contributed by atoms with Gasteiger partial charge < -0.3 is 29.6 Å². The molecular weight excluding hydrogens is 405 g/mol. The fourth-order valence-electron chi connectivity index (χ4n) is 2.94. The van der Waals surface area contributed by atoms with Crippen molar-refractivity contribution in [2.24, 2.45) is 5.10 Å². The van der Waals surface area contributed by atoms with Crippen LogP contribution in [0.5, 0.6) is 0 Å². The predicted octanol–water partition coefficient (Wildman–Crippen LogP) is 2.11. The second-order valence-electron chi connectivity index (χ2n) is 6.18. The van der Waals surface area contributed by atoms with E-state index in [9.17, 15) is 15.3 Å². The number of aromatic nitrogens is 1. The average Bonchev–Trinajstić information content (AvgIpc) is 3.00. The Balaban J connectivity index is 2.22. The van der Waals surface area contributed by atoms with E-state index in [1.54, 1.807) is 37.5 Å². The van der Waals surface area contributed by atoms with Crippen molar-refractivity contribution in [3.05, 3.63) is 32.9 Å². The van der Waals surface area contributed by atoms with Gasteiger partial charge in [-0.2, -0.15) is 5.10 Å². The first-order chi connectivity index (χ1) is 12.3. The number of hydrogen-bond acceptors (Lipinski definition) is 6. The Kier molecular flexibility index (Phi) is 5.69. The third kappa shape index (κ3) is 3.29. The molecule has 0 radical (unpaired) electrons. The van der Waals surface area contributed by atoms with Gasteiger partial charge in [-0.1, -0.05) is 34.8 Å². The quantitative estimate of drug-likeness (QED) is 0.519. The number of fused-ring (bicyclic) bond motifs is 1. The van der Waals surface area contributed by atoms with Crippen LogP contribution in [0.2, 0.25) is 15.2 Å². The summed E-state index contributed by atoms with van der Waals surface area (Å²) in [5, 5.41) is 37.1. The lowest BCUT2D eigenvalue weighted by Crippen LogP contribution is -2.33. The van der Waals surface area contributed by atoms with E-state index < -0.39 is 31.1 Å². The fourth-order valence-corrected chi connectivity index (χ4v) is 3.60. The van der Waals surface area contributed by atoms with Crippen molar-refractivity contribution < 1.29 is 20.1 Å². The van der Waals surface area contributed by atoms with Crippen LogP contribution in [0.4, 0.5) is 0 Å². The van der Waals surface area contributed by atoms with E-state index in [1.165, 1.54) is 4.57 Å². The van der Waals surface area contributed by atoms with Gasteiger partial charge in [0, 0.05) is 25.0 Å². The summed E-state index contributed by atoms with van der Waals surface area (Å²) in [6.45, 7) is -0.437. The third-order valence-electron chi connectivity index (χ3n) is 4.21. The fraction of sp³-hybridized carbons (Fsp3) is 0.438. The Bertz CT molecular complexity index is 855. The van der Waals surface area contributed by atoms with Gasteiger partial charge in [-0.05, 0) is 12.1 Å². The van der Waals surface area contributed by atoms with Crippen molar-refractivity contribution in [2.45, 2.75) is 24.5 Å². The van der Waals surface area contributed by atoms with Gasteiger partial charge in [0.2, 0.25) is 0 Å². The molecule has 142 valence electrons. The van der Waals surface area contributed by atoms with E-state index in [4.69, 9.17) is 39.5 Å². The maximum Gasteiger partial charge on any atom is 0.164 e. The van der Waals surface area contributed by atoms with Gasteiger partial charge in [-0.25, -0.2) is 0 Å². The molecule has 0 saturated carbocycles. The Hall–Kier alpha value is -1.06. The lowest BCUT2D eigenvalue weighted by Gasteiger charge is -2.19. The lowest BCUT2D eigenvalue weighted by molar-refractivity contribution is -0.0505. The van der Waals surface area contributed by atoms with Crippen LogP contribution in [-0.4, -0.2) is 70.1 Å². The van der Waals surface area contributed by atoms with Crippen molar-refractivity contribution >= 4 is 51.9 Å². The monoisotopic (exact) mass is 421 g/mol. The van der Waals surface area contributed by atoms with Gasteiger partial charge in [0.25, 0.3) is 0 Å². The molecule has 7 nitrogen and oxygen atoms in total. The smallest absolute Gasteiger partial charge is 0.164 e. The molecule has 1 aliphatic heterocycles. The van der Waals surface area contributed by atoms with E-state index in [-0.39, 0.29) is 5.15 Å². The third-order valence-corrected chi connectivity index (χ3v) is 5.32. The van der Waals surface area contributed by atoms with Crippen LogP contribution in [0, 0.1) is 0 Å². The Morgan fingerprint density at radius 1 is 1.19 bits per heavy atom. The van der Waals surface area contributed by atoms with Crippen molar-refractivity contribution in [1.29, 1.82) is 0 Å². The van der Waals surface area contributed by atoms with E-state index >= 15 is 0 Å². The summed E-state index contributed by atoms with van der Waals surface area (Å²) >= 11 is 18.9. The molecule has 1 aromatic carbocycles. The summed E-state index contributed by atoms with van der Waals surface area (Å²) in [4.78, 5) is 0. The molecule has 1 aliphatic rings. The van der Waals surface area contributed by atoms with Gasteiger partial charge in [0.05, 0.1) is 28.4 Å². The highest BCUT2D eigenvalue weighted by Gasteiger charge is 2.44. The second-order valence-corrected chi connectivity index (χ2v) is 7.35. The summed E-state index contributed by atoms with van der Waals surface area (Å²) in [5.41, 5.74) is 1.12. The molecule has 1 saturated heterocycles. The molecule has 1 fully saturated rings. The maximum absolute atomic E-state index is 10.4. The zero-order chi connectivity index (χ0) is 19.2. The normalized spacial score (nSPS) is 26.3. The van der Waals surface area contributed by atoms with Crippen LogP contribution in [0.25, 0.3) is 10.9 Å². The van der Waals surface area contributed by atoms with Gasteiger partial charge >= 0.3 is 0 Å². The van der Waals surface area contributed by atoms with Crippen molar-refractivity contribution in [1.82, 2.24) is 9.58 Å². The number of hydrazone groups is 1. The zero-order valence-corrected chi connectivity index (χ0v) is 16.2. The Labute approximate surface area is 164 Å². The molecule has 3 N–H and O–H groups in total. The average molecular weight is 423 g/mol. The molecule has 4 atom stereocenters. The van der Waals surface area contributed by atoms with E-state index in [0.29, 0.717) is 26.5 Å². The molecule has 2 aromatic rings. The first-order valence-corrected chi connectivity index (χ1v) is 8.91. The standard InChI is InChI=1S/C16H18Cl3N3O4/c1-21(2)20-5-8-7-3-9(17)10(18)4-11(7)22(15(8)19)16-14(25)13(24)12(6-23)26-16/h3-5,12-14,16,23-25H,6H2,1-2H3/b20-5+/t12-,13-,14-,16-/m1/s1. The summed E-state index contributed by atoms with van der Waals surface area (Å²) in [6, 6.07) is 3.26. The van der Waals surface area contributed by atoms with Crippen molar-refractivity contribution in [2.75, 3.05) is 20.7 Å². The number of hydrogen-bond donors (Lipinski definition) is 3. The van der Waals surface area contributed by atoms with E-state index in [0.717, 1.165) is 0 Å². The summed E-state index contributed by atoms with van der Waals surface area (Å²) in [6.07, 6.45) is -2.90. The zero-order valence-electron chi connectivity index (χ0n) is 14.0. The lowest BCUT2D eigenvalue weighted by atomic mass is 10.1. The van der Waals surface area contributed by atoms with E-state index in [2.05, 4.69) is 5.10 Å². The molecule has 26 heavy (non-hydrogen) atoms. The minimum absolute atomic E-state index is 0.235. The van der Waals surface area contributed by atoms with Crippen LogP contribution in [0.3, 0.4) is 0 Å². The molecule has 3 rings (SSSR count). The van der Waals surface area contributed by atoms with Crippen LogP contribution in [-0.2, 0) is 4.74 Å². The van der Waals surface area contributed by atoms with Crippen molar-refractivity contribution in [3.63, 3.8) is 0 Å². The molecule has 0 unspecified atom stereocenters. The number of halogens is 3. The summed E-state index contributed by atoms with van der Waals surface area (Å²) < 4.78 is 7.13. The SMILES string of the molecule is CN(C)/N=C/c1c(Cl)n([C@@H]2O[C@H](CO)[C@@H](O)[C@H]2O)c2cc(Cl)c(Cl)cc12. The molecule has 1 aromatic heterocycles. The number of ether oxygens (including phenoxy) is 1. The molecule has 0 aliphatic carbocycles. The highest BCUT2D eigenvalue weighted by molar-refractivity contribution is 6.43. The highest BCUT2D eigenvalue weighted by Crippen LogP contribution is 2.40. The number of benzene rings is 1. The van der Waals surface area contributed by atoms with Crippen LogP contribution in [0.15, 0.2) is 17.2 Å². The molecule has 10 heteroatoms. The van der Waals surface area contributed by atoms with E-state index in [1.807, 2.05) is 0 Å². The predicted molar refractivity (Wildman–Crippen MR) is 101 cm³/mol. The molecule has 0 spiro atoms. The van der Waals surface area contributed by atoms with Gasteiger partial charge in [-0.3, -0.25) is 0 Å². The van der Waals surface area contributed by atoms with Crippen LogP contribution < -0.4 is 0 Å². The van der Waals surface area contributed by atoms with Crippen LogP contribution >= 0.6 is 34.8 Å². The molecule has 0 amide bonds. The molecule has 2 heterocycles. The minimum Gasteiger partial charge on any atom is -0.394 e. The van der Waals surface area contributed by atoms with Crippen LogP contribution in [0.1, 0.15) is 11.8 Å². The first kappa shape index (κ1) is 19.7. The molecular formula is C16H18Cl3N3O4. The highest BCUT2D eigenvalue weighted by atomic mass is 35.5. The molecule has 0 bridgehead atoms. The first-order valence-electron chi connectivity index (χ1n) is 7.78. The van der Waals surface area contributed by atoms with Gasteiger partial charge in [-0.15, -0.1) is 0 Å². The Morgan fingerprint density at radius 3 is 2.42 bits per heavy atom. The van der Waals surface area contributed by atoms with Crippen molar-refractivity contribution in [3.8, 4) is 0 Å². The number of rotatable bonds is 4. The summed E-state index contributed by atoms with van der Waals surface area (Å²) in [5.74, 6) is 0. The minimum atomic E-state index is -1.28. The largest absolute Gasteiger partial charge is 0.394 e. The van der Waals surface area contributed by atoms with Gasteiger partial charge in [0.1, 0.15) is 23.5 Å². The van der Waals surface area contributed by atoms with Gasteiger partial charge in [0.15, 0.2) is 6.23 Å². The maximum atomic E-state index is 10.4. The number of aliphatic hydroxyl groups is 3. The number of nitrogens with zero attached hydrogens (tertiary/aromatic N) is 3.